The Hall–Kier alpha value is -1.19. The van der Waals surface area contributed by atoms with Crippen molar-refractivity contribution in [1.82, 2.24) is 4.98 Å². The highest BCUT2D eigenvalue weighted by molar-refractivity contribution is 7.11. The number of hydrogen-bond acceptors (Lipinski definition) is 3. The fourth-order valence-electron chi connectivity index (χ4n) is 2.04. The third kappa shape index (κ3) is 2.73. The highest BCUT2D eigenvalue weighted by Crippen LogP contribution is 2.24. The molecule has 1 unspecified atom stereocenters. The average Bonchev–Trinajstić information content (AvgIpc) is 2.70. The van der Waals surface area contributed by atoms with Gasteiger partial charge in [-0.05, 0) is 43.9 Å². The van der Waals surface area contributed by atoms with E-state index >= 15 is 0 Å². The van der Waals surface area contributed by atoms with Gasteiger partial charge in [0.05, 0.1) is 5.01 Å². The molecule has 0 aliphatic carbocycles. The van der Waals surface area contributed by atoms with Gasteiger partial charge in [0.15, 0.2) is 0 Å². The zero-order chi connectivity index (χ0) is 12.4. The van der Waals surface area contributed by atoms with Gasteiger partial charge in [0.2, 0.25) is 0 Å². The van der Waals surface area contributed by atoms with Crippen molar-refractivity contribution < 1.29 is 0 Å². The van der Waals surface area contributed by atoms with E-state index in [2.05, 4.69) is 37.0 Å². The van der Waals surface area contributed by atoms with Crippen LogP contribution in [0.15, 0.2) is 24.4 Å². The number of thiazole rings is 1. The molecule has 0 amide bonds. The molecule has 0 spiro atoms. The first-order valence-corrected chi connectivity index (χ1v) is 6.62. The molecule has 1 aromatic heterocycles. The fraction of sp³-hybridized carbons (Fsp3) is 0.357. The van der Waals surface area contributed by atoms with Crippen molar-refractivity contribution in [1.29, 1.82) is 0 Å². The molecule has 2 nitrogen and oxygen atoms in total. The third-order valence-corrected chi connectivity index (χ3v) is 4.12. The molecule has 1 aromatic carbocycles. The van der Waals surface area contributed by atoms with Crippen LogP contribution in [0.25, 0.3) is 0 Å². The molecule has 2 rings (SSSR count). The number of aryl methyl sites for hydroxylation is 3. The van der Waals surface area contributed by atoms with E-state index in [1.54, 1.807) is 11.3 Å². The van der Waals surface area contributed by atoms with E-state index in [1.807, 2.05) is 13.1 Å². The minimum absolute atomic E-state index is 0.0565. The third-order valence-electron chi connectivity index (χ3n) is 3.07. The van der Waals surface area contributed by atoms with Crippen LogP contribution in [0.1, 0.15) is 32.6 Å². The lowest BCUT2D eigenvalue weighted by molar-refractivity contribution is 0.727. The highest BCUT2D eigenvalue weighted by atomic mass is 32.1. The first-order chi connectivity index (χ1) is 8.08. The SMILES string of the molecule is Cc1ncc(C(N)Cc2c(C)cccc2C)s1. The number of rotatable bonds is 3. The topological polar surface area (TPSA) is 38.9 Å². The van der Waals surface area contributed by atoms with Crippen molar-refractivity contribution in [3.63, 3.8) is 0 Å². The molecule has 0 saturated heterocycles. The smallest absolute Gasteiger partial charge is 0.0897 e. The maximum Gasteiger partial charge on any atom is 0.0897 e. The fourth-order valence-corrected chi connectivity index (χ4v) is 2.83. The molecule has 2 N–H and O–H groups in total. The molecule has 1 atom stereocenters. The first kappa shape index (κ1) is 12.3. The van der Waals surface area contributed by atoms with Gasteiger partial charge in [0.1, 0.15) is 0 Å². The van der Waals surface area contributed by atoms with Gasteiger partial charge in [-0.25, -0.2) is 4.98 Å². The molecular formula is C14H18N2S. The van der Waals surface area contributed by atoms with Crippen molar-refractivity contribution >= 4 is 11.3 Å². The predicted octanol–water partition coefficient (Wildman–Crippen LogP) is 3.31. The Morgan fingerprint density at radius 1 is 1.24 bits per heavy atom. The zero-order valence-electron chi connectivity index (χ0n) is 10.5. The van der Waals surface area contributed by atoms with Gasteiger partial charge in [-0.15, -0.1) is 11.3 Å². The second-order valence-corrected chi connectivity index (χ2v) is 5.73. The monoisotopic (exact) mass is 246 g/mol. The van der Waals surface area contributed by atoms with Crippen LogP contribution in [-0.4, -0.2) is 4.98 Å². The summed E-state index contributed by atoms with van der Waals surface area (Å²) in [6.45, 7) is 6.31. The lowest BCUT2D eigenvalue weighted by Gasteiger charge is -2.14. The first-order valence-electron chi connectivity index (χ1n) is 5.81. The van der Waals surface area contributed by atoms with Gasteiger partial charge in [-0.3, -0.25) is 0 Å². The quantitative estimate of drug-likeness (QED) is 0.902. The van der Waals surface area contributed by atoms with Crippen molar-refractivity contribution in [2.75, 3.05) is 0 Å². The van der Waals surface area contributed by atoms with Gasteiger partial charge >= 0.3 is 0 Å². The molecular weight excluding hydrogens is 228 g/mol. The number of hydrogen-bond donors (Lipinski definition) is 1. The molecule has 90 valence electrons. The van der Waals surface area contributed by atoms with Crippen LogP contribution in [0.5, 0.6) is 0 Å². The zero-order valence-corrected chi connectivity index (χ0v) is 11.3. The lowest BCUT2D eigenvalue weighted by Crippen LogP contribution is -2.13. The Balaban J connectivity index is 2.21. The Labute approximate surface area is 107 Å². The van der Waals surface area contributed by atoms with Crippen molar-refractivity contribution in [3.05, 3.63) is 51.0 Å². The van der Waals surface area contributed by atoms with Crippen molar-refractivity contribution in [3.8, 4) is 0 Å². The average molecular weight is 246 g/mol. The summed E-state index contributed by atoms with van der Waals surface area (Å²) in [5, 5.41) is 1.08. The van der Waals surface area contributed by atoms with E-state index in [0.29, 0.717) is 0 Å². The molecule has 2 aromatic rings. The maximum absolute atomic E-state index is 6.25. The highest BCUT2D eigenvalue weighted by Gasteiger charge is 2.12. The van der Waals surface area contributed by atoms with Crippen molar-refractivity contribution in [2.24, 2.45) is 5.73 Å². The summed E-state index contributed by atoms with van der Waals surface area (Å²) in [7, 11) is 0. The van der Waals surface area contributed by atoms with Gasteiger partial charge < -0.3 is 5.73 Å². The van der Waals surface area contributed by atoms with Crippen LogP contribution in [0, 0.1) is 20.8 Å². The number of nitrogens with zero attached hydrogens (tertiary/aromatic N) is 1. The van der Waals surface area contributed by atoms with Crippen LogP contribution < -0.4 is 5.73 Å². The predicted molar refractivity (Wildman–Crippen MR) is 73.4 cm³/mol. The molecule has 0 fully saturated rings. The summed E-state index contributed by atoms with van der Waals surface area (Å²) in [6.07, 6.45) is 2.79. The van der Waals surface area contributed by atoms with Crippen LogP contribution in [0.4, 0.5) is 0 Å². The van der Waals surface area contributed by atoms with E-state index in [1.165, 1.54) is 21.6 Å². The van der Waals surface area contributed by atoms with E-state index < -0.39 is 0 Å². The summed E-state index contributed by atoms with van der Waals surface area (Å²) in [6, 6.07) is 6.44. The molecule has 3 heteroatoms. The van der Waals surface area contributed by atoms with E-state index in [0.717, 1.165) is 11.4 Å². The molecule has 0 saturated carbocycles. The largest absolute Gasteiger partial charge is 0.323 e. The lowest BCUT2D eigenvalue weighted by atomic mass is 9.96. The second kappa shape index (κ2) is 4.98. The summed E-state index contributed by atoms with van der Waals surface area (Å²) >= 11 is 1.69. The van der Waals surface area contributed by atoms with Crippen LogP contribution in [0.2, 0.25) is 0 Å². The Morgan fingerprint density at radius 2 is 1.88 bits per heavy atom. The van der Waals surface area contributed by atoms with Crippen LogP contribution >= 0.6 is 11.3 Å². The van der Waals surface area contributed by atoms with Gasteiger partial charge in [0.25, 0.3) is 0 Å². The number of benzene rings is 1. The van der Waals surface area contributed by atoms with E-state index in [9.17, 15) is 0 Å². The molecule has 17 heavy (non-hydrogen) atoms. The minimum Gasteiger partial charge on any atom is -0.323 e. The number of nitrogens with two attached hydrogens (primary N) is 1. The Kier molecular flexibility index (Phi) is 3.60. The van der Waals surface area contributed by atoms with Crippen LogP contribution in [-0.2, 0) is 6.42 Å². The summed E-state index contributed by atoms with van der Waals surface area (Å²) in [5.41, 5.74) is 10.3. The normalized spacial score (nSPS) is 12.7. The molecule has 0 bridgehead atoms. The molecule has 0 aliphatic rings. The molecule has 0 aliphatic heterocycles. The summed E-state index contributed by atoms with van der Waals surface area (Å²) < 4.78 is 0. The minimum atomic E-state index is 0.0565. The standard InChI is InChI=1S/C14H18N2S/c1-9-5-4-6-10(2)12(9)7-13(15)14-8-16-11(3)17-14/h4-6,8,13H,7,15H2,1-3H3. The Morgan fingerprint density at radius 3 is 2.41 bits per heavy atom. The molecule has 1 heterocycles. The van der Waals surface area contributed by atoms with Gasteiger partial charge in [-0.2, -0.15) is 0 Å². The van der Waals surface area contributed by atoms with Gasteiger partial charge in [0, 0.05) is 17.1 Å². The second-order valence-electron chi connectivity index (χ2n) is 4.46. The molecule has 0 radical (unpaired) electrons. The van der Waals surface area contributed by atoms with E-state index in [-0.39, 0.29) is 6.04 Å². The van der Waals surface area contributed by atoms with Crippen LogP contribution in [0.3, 0.4) is 0 Å². The summed E-state index contributed by atoms with van der Waals surface area (Å²) in [5.74, 6) is 0. The Bertz CT molecular complexity index is 496. The number of aromatic nitrogens is 1. The van der Waals surface area contributed by atoms with E-state index in [4.69, 9.17) is 5.73 Å². The summed E-state index contributed by atoms with van der Waals surface area (Å²) in [4.78, 5) is 5.43. The van der Waals surface area contributed by atoms with Gasteiger partial charge in [-0.1, -0.05) is 18.2 Å². The maximum atomic E-state index is 6.25. The van der Waals surface area contributed by atoms with Crippen molar-refractivity contribution in [2.45, 2.75) is 33.2 Å².